The van der Waals surface area contributed by atoms with Gasteiger partial charge in [-0.1, -0.05) is 0 Å². The van der Waals surface area contributed by atoms with Crippen molar-refractivity contribution in [2.24, 2.45) is 0 Å². The van der Waals surface area contributed by atoms with Crippen molar-refractivity contribution in [2.45, 2.75) is 18.6 Å². The third-order valence-corrected chi connectivity index (χ3v) is 3.77. The number of aliphatic hydroxyl groups is 1. The third kappa shape index (κ3) is 3.22. The molecule has 0 fully saturated rings. The molecule has 2 N–H and O–H groups in total. The van der Waals surface area contributed by atoms with E-state index >= 15 is 0 Å². The molecule has 0 aliphatic carbocycles. The number of hydrogen-bond acceptors (Lipinski definition) is 6. The van der Waals surface area contributed by atoms with Gasteiger partial charge in [-0.15, -0.1) is 0 Å². The summed E-state index contributed by atoms with van der Waals surface area (Å²) >= 11 is 0. The first-order chi connectivity index (χ1) is 11.8. The van der Waals surface area contributed by atoms with Crippen molar-refractivity contribution in [1.82, 2.24) is 19.9 Å². The van der Waals surface area contributed by atoms with Gasteiger partial charge >= 0.3 is 6.18 Å². The van der Waals surface area contributed by atoms with Gasteiger partial charge < -0.3 is 10.4 Å². The maximum Gasteiger partial charge on any atom is 0.413 e. The summed E-state index contributed by atoms with van der Waals surface area (Å²) in [5.41, 5.74) is -1.57. The number of nitrogens with one attached hydrogen (secondary N) is 1. The van der Waals surface area contributed by atoms with Gasteiger partial charge in [0.2, 0.25) is 0 Å². The molecule has 0 aromatic carbocycles. The standard InChI is InChI=1S/C16H14F3N5O/c1-15(9-25,16(17,18)19)24-14-11-4-7-21-8-12(11)22-13(23-14)10-2-5-20-6-3-10/h2-8,25H,9H2,1H3,(H,22,23,24). The molecule has 0 radical (unpaired) electrons. The fourth-order valence-corrected chi connectivity index (χ4v) is 2.17. The average molecular weight is 349 g/mol. The van der Waals surface area contributed by atoms with E-state index in [-0.39, 0.29) is 11.6 Å². The number of anilines is 1. The number of aliphatic hydroxyl groups excluding tert-OH is 1. The zero-order valence-corrected chi connectivity index (χ0v) is 13.1. The van der Waals surface area contributed by atoms with Gasteiger partial charge in [0, 0.05) is 29.5 Å². The Bertz CT molecular complexity index is 888. The van der Waals surface area contributed by atoms with E-state index in [0.717, 1.165) is 6.92 Å². The Balaban J connectivity index is 2.16. The molecule has 3 heterocycles. The van der Waals surface area contributed by atoms with Crippen LogP contribution in [-0.4, -0.2) is 43.4 Å². The summed E-state index contributed by atoms with van der Waals surface area (Å²) in [5.74, 6) is 0.195. The van der Waals surface area contributed by atoms with E-state index < -0.39 is 18.3 Å². The number of fused-ring (bicyclic) bond motifs is 1. The van der Waals surface area contributed by atoms with E-state index in [2.05, 4.69) is 25.3 Å². The number of hydrogen-bond donors (Lipinski definition) is 2. The molecule has 0 aliphatic heterocycles. The van der Waals surface area contributed by atoms with Crippen LogP contribution in [0, 0.1) is 0 Å². The van der Waals surface area contributed by atoms with Crippen LogP contribution in [0.25, 0.3) is 22.3 Å². The predicted molar refractivity (Wildman–Crippen MR) is 85.7 cm³/mol. The van der Waals surface area contributed by atoms with Crippen LogP contribution in [0.15, 0.2) is 43.0 Å². The molecule has 3 rings (SSSR count). The molecule has 1 unspecified atom stereocenters. The van der Waals surface area contributed by atoms with Crippen molar-refractivity contribution in [3.63, 3.8) is 0 Å². The van der Waals surface area contributed by atoms with Gasteiger partial charge in [0.15, 0.2) is 11.4 Å². The van der Waals surface area contributed by atoms with E-state index in [1.807, 2.05) is 0 Å². The Morgan fingerprint density at radius 1 is 1.04 bits per heavy atom. The maximum absolute atomic E-state index is 13.3. The Labute approximate surface area is 140 Å². The van der Waals surface area contributed by atoms with Crippen LogP contribution in [0.1, 0.15) is 6.92 Å². The van der Waals surface area contributed by atoms with Gasteiger partial charge in [-0.25, -0.2) is 9.97 Å². The molecule has 1 atom stereocenters. The zero-order valence-electron chi connectivity index (χ0n) is 13.1. The van der Waals surface area contributed by atoms with Crippen LogP contribution in [-0.2, 0) is 0 Å². The van der Waals surface area contributed by atoms with Crippen LogP contribution < -0.4 is 5.32 Å². The lowest BCUT2D eigenvalue weighted by Crippen LogP contribution is -2.52. The minimum Gasteiger partial charge on any atom is -0.394 e. The van der Waals surface area contributed by atoms with Crippen molar-refractivity contribution in [3.05, 3.63) is 43.0 Å². The molecule has 25 heavy (non-hydrogen) atoms. The predicted octanol–water partition coefficient (Wildman–Crippen LogP) is 2.81. The SMILES string of the molecule is CC(CO)(Nc1nc(-c2ccncc2)nc2cnccc12)C(F)(F)F. The summed E-state index contributed by atoms with van der Waals surface area (Å²) in [5, 5.41) is 12.0. The van der Waals surface area contributed by atoms with Crippen molar-refractivity contribution in [1.29, 1.82) is 0 Å². The Hall–Kier alpha value is -2.81. The van der Waals surface area contributed by atoms with Crippen molar-refractivity contribution >= 4 is 16.7 Å². The first-order valence-corrected chi connectivity index (χ1v) is 7.32. The summed E-state index contributed by atoms with van der Waals surface area (Å²) < 4.78 is 40.0. The maximum atomic E-state index is 13.3. The lowest BCUT2D eigenvalue weighted by atomic mass is 10.0. The Kier molecular flexibility index (Phi) is 4.25. The largest absolute Gasteiger partial charge is 0.413 e. The normalized spacial score (nSPS) is 14.3. The quantitative estimate of drug-likeness (QED) is 0.754. The number of nitrogens with zero attached hydrogens (tertiary/aromatic N) is 4. The van der Waals surface area contributed by atoms with Crippen molar-refractivity contribution in [2.75, 3.05) is 11.9 Å². The fraction of sp³-hybridized carbons (Fsp3) is 0.250. The topological polar surface area (TPSA) is 83.8 Å². The average Bonchev–Trinajstić information content (AvgIpc) is 2.61. The number of rotatable bonds is 4. The minimum absolute atomic E-state index is 0.0342. The van der Waals surface area contributed by atoms with Crippen LogP contribution in [0.2, 0.25) is 0 Å². The summed E-state index contributed by atoms with van der Waals surface area (Å²) in [6.45, 7) is -0.272. The minimum atomic E-state index is -4.68. The molecule has 3 aromatic heterocycles. The van der Waals surface area contributed by atoms with Gasteiger partial charge in [0.25, 0.3) is 0 Å². The van der Waals surface area contributed by atoms with E-state index in [0.29, 0.717) is 16.5 Å². The number of halogens is 3. The second kappa shape index (κ2) is 6.25. The summed E-state index contributed by atoms with van der Waals surface area (Å²) in [6.07, 6.45) is 1.27. The van der Waals surface area contributed by atoms with Crippen molar-refractivity contribution < 1.29 is 18.3 Å². The smallest absolute Gasteiger partial charge is 0.394 e. The Morgan fingerprint density at radius 2 is 1.72 bits per heavy atom. The number of alkyl halides is 3. The molecule has 0 bridgehead atoms. The summed E-state index contributed by atoms with van der Waals surface area (Å²) in [4.78, 5) is 16.4. The highest BCUT2D eigenvalue weighted by Gasteiger charge is 2.51. The molecule has 130 valence electrons. The summed E-state index contributed by atoms with van der Waals surface area (Å²) in [6, 6.07) is 4.81. The lowest BCUT2D eigenvalue weighted by molar-refractivity contribution is -0.182. The van der Waals surface area contributed by atoms with Crippen LogP contribution in [0.3, 0.4) is 0 Å². The molecule has 0 saturated carbocycles. The third-order valence-electron chi connectivity index (χ3n) is 3.77. The fourth-order valence-electron chi connectivity index (χ4n) is 2.17. The van der Waals surface area contributed by atoms with Crippen LogP contribution in [0.4, 0.5) is 19.0 Å². The molecule has 6 nitrogen and oxygen atoms in total. The summed E-state index contributed by atoms with van der Waals surface area (Å²) in [7, 11) is 0. The second-order valence-corrected chi connectivity index (χ2v) is 5.64. The van der Waals surface area contributed by atoms with Crippen LogP contribution >= 0.6 is 0 Å². The molecule has 9 heteroatoms. The Morgan fingerprint density at radius 3 is 2.36 bits per heavy atom. The lowest BCUT2D eigenvalue weighted by Gasteiger charge is -2.32. The molecule has 3 aromatic rings. The second-order valence-electron chi connectivity index (χ2n) is 5.64. The first kappa shape index (κ1) is 17.0. The van der Waals surface area contributed by atoms with E-state index in [9.17, 15) is 18.3 Å². The van der Waals surface area contributed by atoms with Gasteiger partial charge in [-0.3, -0.25) is 9.97 Å². The highest BCUT2D eigenvalue weighted by atomic mass is 19.4. The molecule has 0 amide bonds. The van der Waals surface area contributed by atoms with Gasteiger partial charge in [0.05, 0.1) is 18.3 Å². The molecular weight excluding hydrogens is 335 g/mol. The van der Waals surface area contributed by atoms with E-state index in [1.165, 1.54) is 30.9 Å². The van der Waals surface area contributed by atoms with Crippen molar-refractivity contribution in [3.8, 4) is 11.4 Å². The monoisotopic (exact) mass is 349 g/mol. The van der Waals surface area contributed by atoms with E-state index in [4.69, 9.17) is 0 Å². The van der Waals surface area contributed by atoms with Crippen LogP contribution in [0.5, 0.6) is 0 Å². The molecular formula is C16H14F3N5O. The molecule has 0 aliphatic rings. The first-order valence-electron chi connectivity index (χ1n) is 7.32. The van der Waals surface area contributed by atoms with E-state index in [1.54, 1.807) is 12.1 Å². The number of pyridine rings is 2. The highest BCUT2D eigenvalue weighted by Crippen LogP contribution is 2.34. The zero-order chi connectivity index (χ0) is 18.1. The highest BCUT2D eigenvalue weighted by molar-refractivity contribution is 5.90. The van der Waals surface area contributed by atoms with Gasteiger partial charge in [-0.2, -0.15) is 13.2 Å². The van der Waals surface area contributed by atoms with Gasteiger partial charge in [-0.05, 0) is 25.1 Å². The number of aromatic nitrogens is 4. The molecule has 0 spiro atoms. The van der Waals surface area contributed by atoms with Gasteiger partial charge in [0.1, 0.15) is 5.82 Å². The molecule has 0 saturated heterocycles.